The number of rotatable bonds is 5. The van der Waals surface area contributed by atoms with Gasteiger partial charge in [0, 0.05) is 18.0 Å². The topological polar surface area (TPSA) is 44.7 Å². The van der Waals surface area contributed by atoms with E-state index in [-0.39, 0.29) is 17.6 Å². The third kappa shape index (κ3) is 4.74. The highest BCUT2D eigenvalue weighted by Gasteiger charge is 2.25. The number of nitrogens with zero attached hydrogens (tertiary/aromatic N) is 2. The van der Waals surface area contributed by atoms with E-state index in [0.29, 0.717) is 12.1 Å². The molecule has 0 bridgehead atoms. The molecule has 3 aromatic rings. The zero-order valence-electron chi connectivity index (χ0n) is 17.1. The van der Waals surface area contributed by atoms with Gasteiger partial charge in [-0.05, 0) is 61.3 Å². The Kier molecular flexibility index (Phi) is 6.19. The van der Waals surface area contributed by atoms with Crippen molar-refractivity contribution in [3.63, 3.8) is 0 Å². The van der Waals surface area contributed by atoms with E-state index < -0.39 is 0 Å². The number of halogens is 1. The van der Waals surface area contributed by atoms with Crippen LogP contribution in [0.2, 0.25) is 0 Å². The van der Waals surface area contributed by atoms with Gasteiger partial charge in [0.15, 0.2) is 0 Å². The molecule has 1 heterocycles. The molecular formula is C25H26FN3O. The van der Waals surface area contributed by atoms with Crippen LogP contribution in [-0.4, -0.2) is 29.6 Å². The first kappa shape index (κ1) is 20.2. The lowest BCUT2D eigenvalue weighted by molar-refractivity contribution is -0.126. The van der Waals surface area contributed by atoms with Crippen molar-refractivity contribution in [1.29, 1.82) is 0 Å². The first-order valence-electron chi connectivity index (χ1n) is 10.4. The summed E-state index contributed by atoms with van der Waals surface area (Å²) in [6.07, 6.45) is 1.51. The normalized spacial score (nSPS) is 16.0. The molecule has 0 saturated carbocycles. The molecular weight excluding hydrogens is 377 g/mol. The Labute approximate surface area is 176 Å². The summed E-state index contributed by atoms with van der Waals surface area (Å²) in [6.45, 7) is 4.04. The maximum Gasteiger partial charge on any atom is 0.243 e. The number of benzene rings is 3. The second-order valence-electron chi connectivity index (χ2n) is 7.88. The number of likely N-dealkylation sites (tertiary alicyclic amines) is 1. The Morgan fingerprint density at radius 1 is 1.03 bits per heavy atom. The zero-order chi connectivity index (χ0) is 20.9. The van der Waals surface area contributed by atoms with Gasteiger partial charge in [0.2, 0.25) is 5.91 Å². The minimum Gasteiger partial charge on any atom is -0.299 e. The Morgan fingerprint density at radius 2 is 1.73 bits per heavy atom. The number of piperidine rings is 1. The minimum absolute atomic E-state index is 0.0410. The van der Waals surface area contributed by atoms with Crippen molar-refractivity contribution in [2.24, 2.45) is 11.0 Å². The van der Waals surface area contributed by atoms with Gasteiger partial charge in [-0.3, -0.25) is 9.69 Å². The van der Waals surface area contributed by atoms with E-state index in [1.165, 1.54) is 11.5 Å². The van der Waals surface area contributed by atoms with E-state index >= 15 is 0 Å². The van der Waals surface area contributed by atoms with Crippen LogP contribution in [0.1, 0.15) is 30.9 Å². The van der Waals surface area contributed by atoms with Crippen molar-refractivity contribution in [2.45, 2.75) is 26.3 Å². The number of amides is 1. The Balaban J connectivity index is 1.31. The van der Waals surface area contributed by atoms with E-state index in [0.717, 1.165) is 42.6 Å². The predicted octanol–water partition coefficient (Wildman–Crippen LogP) is 4.73. The summed E-state index contributed by atoms with van der Waals surface area (Å²) in [5, 5.41) is 6.66. The van der Waals surface area contributed by atoms with Crippen molar-refractivity contribution in [2.75, 3.05) is 13.1 Å². The molecule has 0 aromatic heterocycles. The van der Waals surface area contributed by atoms with Gasteiger partial charge in [-0.2, -0.15) is 5.10 Å². The summed E-state index contributed by atoms with van der Waals surface area (Å²) in [5.74, 6) is -0.272. The van der Waals surface area contributed by atoms with Crippen molar-refractivity contribution < 1.29 is 9.18 Å². The molecule has 1 fully saturated rings. The summed E-state index contributed by atoms with van der Waals surface area (Å²) in [4.78, 5) is 14.8. The molecule has 4 nitrogen and oxygen atoms in total. The van der Waals surface area contributed by atoms with Crippen LogP contribution in [0.3, 0.4) is 0 Å². The largest absolute Gasteiger partial charge is 0.299 e. The quantitative estimate of drug-likeness (QED) is 0.494. The van der Waals surface area contributed by atoms with E-state index in [1.54, 1.807) is 6.07 Å². The zero-order valence-corrected chi connectivity index (χ0v) is 17.1. The molecule has 1 N–H and O–H groups in total. The third-order valence-electron chi connectivity index (χ3n) is 5.81. The van der Waals surface area contributed by atoms with Crippen LogP contribution in [0.15, 0.2) is 71.8 Å². The molecule has 1 aliphatic rings. The minimum atomic E-state index is -0.170. The molecule has 0 aliphatic carbocycles. The van der Waals surface area contributed by atoms with Crippen molar-refractivity contribution in [3.05, 3.63) is 83.7 Å². The third-order valence-corrected chi connectivity index (χ3v) is 5.81. The number of hydrogen-bond acceptors (Lipinski definition) is 3. The van der Waals surface area contributed by atoms with E-state index in [1.807, 2.05) is 37.3 Å². The highest BCUT2D eigenvalue weighted by Crippen LogP contribution is 2.20. The van der Waals surface area contributed by atoms with Crippen molar-refractivity contribution in [3.8, 4) is 0 Å². The summed E-state index contributed by atoms with van der Waals surface area (Å²) >= 11 is 0. The summed E-state index contributed by atoms with van der Waals surface area (Å²) in [6, 6.07) is 21.2. The molecule has 0 atom stereocenters. The summed E-state index contributed by atoms with van der Waals surface area (Å²) in [5.41, 5.74) is 5.23. The van der Waals surface area contributed by atoms with Crippen LogP contribution in [0, 0.1) is 11.7 Å². The van der Waals surface area contributed by atoms with E-state index in [2.05, 4.69) is 39.7 Å². The molecule has 3 aromatic carbocycles. The number of nitrogens with one attached hydrogen (secondary N) is 1. The first-order chi connectivity index (χ1) is 14.6. The van der Waals surface area contributed by atoms with Gasteiger partial charge in [0.05, 0.1) is 5.71 Å². The van der Waals surface area contributed by atoms with Crippen molar-refractivity contribution in [1.82, 2.24) is 10.3 Å². The smallest absolute Gasteiger partial charge is 0.243 e. The molecule has 1 amide bonds. The van der Waals surface area contributed by atoms with Crippen molar-refractivity contribution >= 4 is 22.4 Å². The highest BCUT2D eigenvalue weighted by molar-refractivity contribution is 6.02. The monoisotopic (exact) mass is 403 g/mol. The number of hydrazone groups is 1. The average Bonchev–Trinajstić information content (AvgIpc) is 2.79. The van der Waals surface area contributed by atoms with Crippen LogP contribution >= 0.6 is 0 Å². The maximum atomic E-state index is 13.8. The number of hydrogen-bond donors (Lipinski definition) is 1. The molecule has 0 unspecified atom stereocenters. The molecule has 4 rings (SSSR count). The van der Waals surface area contributed by atoms with Gasteiger partial charge in [0.25, 0.3) is 0 Å². The molecule has 1 aliphatic heterocycles. The average molecular weight is 404 g/mol. The Bertz CT molecular complexity index is 1070. The van der Waals surface area contributed by atoms with Crippen LogP contribution in [0.5, 0.6) is 0 Å². The van der Waals surface area contributed by atoms with Gasteiger partial charge in [-0.1, -0.05) is 54.6 Å². The molecule has 0 spiro atoms. The van der Waals surface area contributed by atoms with Gasteiger partial charge in [0.1, 0.15) is 5.82 Å². The predicted molar refractivity (Wildman–Crippen MR) is 119 cm³/mol. The molecule has 0 radical (unpaired) electrons. The van der Waals surface area contributed by atoms with Gasteiger partial charge >= 0.3 is 0 Å². The van der Waals surface area contributed by atoms with Crippen LogP contribution in [0.4, 0.5) is 4.39 Å². The number of carbonyl (C=O) groups is 1. The SMILES string of the molecule is CC(=NNC(=O)C1CCN(Cc2ccccc2F)CC1)c1ccc2ccccc2c1. The highest BCUT2D eigenvalue weighted by atomic mass is 19.1. The molecule has 1 saturated heterocycles. The fraction of sp³-hybridized carbons (Fsp3) is 0.280. The summed E-state index contributed by atoms with van der Waals surface area (Å²) in [7, 11) is 0. The molecule has 5 heteroatoms. The lowest BCUT2D eigenvalue weighted by Gasteiger charge is -2.31. The second-order valence-corrected chi connectivity index (χ2v) is 7.88. The fourth-order valence-electron chi connectivity index (χ4n) is 3.93. The Morgan fingerprint density at radius 3 is 2.50 bits per heavy atom. The molecule has 30 heavy (non-hydrogen) atoms. The lowest BCUT2D eigenvalue weighted by Crippen LogP contribution is -2.39. The summed E-state index contributed by atoms with van der Waals surface area (Å²) < 4.78 is 13.8. The van der Waals surface area contributed by atoms with Crippen LogP contribution in [0.25, 0.3) is 10.8 Å². The number of carbonyl (C=O) groups excluding carboxylic acids is 1. The maximum absolute atomic E-state index is 13.8. The van der Waals surface area contributed by atoms with Gasteiger partial charge in [-0.25, -0.2) is 9.82 Å². The van der Waals surface area contributed by atoms with Crippen LogP contribution < -0.4 is 5.43 Å². The molecule has 154 valence electrons. The standard InChI is InChI=1S/C25H26FN3O/c1-18(21-11-10-19-6-2-3-7-22(19)16-21)27-28-25(30)20-12-14-29(15-13-20)17-23-8-4-5-9-24(23)26/h2-11,16,20H,12-15,17H2,1H3,(H,28,30). The first-order valence-corrected chi connectivity index (χ1v) is 10.4. The fourth-order valence-corrected chi connectivity index (χ4v) is 3.93. The van der Waals surface area contributed by atoms with Gasteiger partial charge < -0.3 is 0 Å². The lowest BCUT2D eigenvalue weighted by atomic mass is 9.96. The van der Waals surface area contributed by atoms with E-state index in [9.17, 15) is 9.18 Å². The van der Waals surface area contributed by atoms with E-state index in [4.69, 9.17) is 0 Å². The second kappa shape index (κ2) is 9.18. The van der Waals surface area contributed by atoms with Gasteiger partial charge in [-0.15, -0.1) is 0 Å². The van der Waals surface area contributed by atoms with Crippen LogP contribution in [-0.2, 0) is 11.3 Å². The Hall–Kier alpha value is -3.05. The number of fused-ring (bicyclic) bond motifs is 1.